The van der Waals surface area contributed by atoms with Crippen LogP contribution in [0.15, 0.2) is 46.9 Å². The minimum atomic E-state index is -1.09. The van der Waals surface area contributed by atoms with Crippen molar-refractivity contribution >= 4 is 41.0 Å². The number of carbonyl (C=O) groups excluding carboxylic acids is 4. The Morgan fingerprint density at radius 1 is 1.24 bits per heavy atom. The second-order valence-corrected chi connectivity index (χ2v) is 11.8. The molecular formula is C29H36N8O7S. The number of fused-ring (bicyclic) bond motifs is 1. The first-order valence-electron chi connectivity index (χ1n) is 14.4. The molecule has 0 spiro atoms. The number of azide groups is 1. The number of para-hydroxylation sites is 1. The van der Waals surface area contributed by atoms with Gasteiger partial charge >= 0.3 is 6.09 Å². The molecule has 4 atom stereocenters. The van der Waals surface area contributed by atoms with Gasteiger partial charge in [0.05, 0.1) is 32.4 Å². The lowest BCUT2D eigenvalue weighted by molar-refractivity contribution is -0.140. The van der Waals surface area contributed by atoms with E-state index in [0.717, 1.165) is 0 Å². The maximum absolute atomic E-state index is 13.6. The first kappa shape index (κ1) is 33.2. The SMILES string of the molecule is CC(NC(=O)[C@@H]1C[C@]2(COCCN=[N+]=[N-])C[C@@H]2N1C(=O)CNC(=O)CCCOc1ccccc1)c1cc(C(=N)OC(N)=O)cs1. The van der Waals surface area contributed by atoms with Gasteiger partial charge in [0.1, 0.15) is 11.8 Å². The van der Waals surface area contributed by atoms with E-state index in [9.17, 15) is 19.2 Å². The number of primary amides is 1. The molecule has 240 valence electrons. The fraction of sp³-hybridized carbons (Fsp3) is 0.483. The van der Waals surface area contributed by atoms with Crippen LogP contribution >= 0.6 is 11.3 Å². The van der Waals surface area contributed by atoms with Crippen molar-refractivity contribution in [2.24, 2.45) is 16.3 Å². The second-order valence-electron chi connectivity index (χ2n) is 10.9. The molecule has 4 amide bonds. The van der Waals surface area contributed by atoms with E-state index < -0.39 is 29.5 Å². The molecule has 0 bridgehead atoms. The van der Waals surface area contributed by atoms with E-state index in [1.54, 1.807) is 23.3 Å². The Morgan fingerprint density at radius 3 is 2.76 bits per heavy atom. The summed E-state index contributed by atoms with van der Waals surface area (Å²) in [5, 5.41) is 18.5. The van der Waals surface area contributed by atoms with Crippen molar-refractivity contribution in [2.75, 3.05) is 32.9 Å². The highest BCUT2D eigenvalue weighted by Crippen LogP contribution is 2.59. The van der Waals surface area contributed by atoms with E-state index >= 15 is 0 Å². The second kappa shape index (κ2) is 15.4. The Balaban J connectivity index is 1.34. The minimum Gasteiger partial charge on any atom is -0.494 e. The number of rotatable bonds is 16. The van der Waals surface area contributed by atoms with Crippen molar-refractivity contribution in [1.82, 2.24) is 15.5 Å². The third-order valence-electron chi connectivity index (χ3n) is 7.66. The van der Waals surface area contributed by atoms with Crippen molar-refractivity contribution in [2.45, 2.75) is 50.7 Å². The number of benzene rings is 1. The van der Waals surface area contributed by atoms with Crippen molar-refractivity contribution in [3.8, 4) is 5.75 Å². The molecule has 45 heavy (non-hydrogen) atoms. The molecule has 1 aromatic heterocycles. The van der Waals surface area contributed by atoms with Gasteiger partial charge < -0.3 is 35.5 Å². The maximum atomic E-state index is 13.6. The largest absolute Gasteiger partial charge is 0.494 e. The summed E-state index contributed by atoms with van der Waals surface area (Å²) in [6, 6.07) is 9.40. The molecule has 0 radical (unpaired) electrons. The van der Waals surface area contributed by atoms with Crippen molar-refractivity contribution < 1.29 is 33.4 Å². The number of amides is 4. The maximum Gasteiger partial charge on any atom is 0.411 e. The summed E-state index contributed by atoms with van der Waals surface area (Å²) >= 11 is 1.27. The van der Waals surface area contributed by atoms with Crippen LogP contribution in [0.2, 0.25) is 0 Å². The minimum absolute atomic E-state index is 0.175. The van der Waals surface area contributed by atoms with Crippen molar-refractivity contribution in [3.63, 3.8) is 0 Å². The fourth-order valence-corrected chi connectivity index (χ4v) is 6.27. The molecule has 2 heterocycles. The van der Waals surface area contributed by atoms with Crippen LogP contribution < -0.4 is 21.1 Å². The van der Waals surface area contributed by atoms with Crippen LogP contribution in [0, 0.1) is 10.8 Å². The lowest BCUT2D eigenvalue weighted by Gasteiger charge is -2.28. The number of piperidine rings is 1. The summed E-state index contributed by atoms with van der Waals surface area (Å²) in [6.07, 6.45) is 0.585. The molecule has 1 saturated carbocycles. The van der Waals surface area contributed by atoms with E-state index in [1.807, 2.05) is 30.3 Å². The first-order valence-corrected chi connectivity index (χ1v) is 15.3. The molecular weight excluding hydrogens is 604 g/mol. The number of hydrogen-bond acceptors (Lipinski definition) is 10. The number of nitrogens with one attached hydrogen (secondary N) is 3. The fourth-order valence-electron chi connectivity index (χ4n) is 5.38. The number of ether oxygens (including phenoxy) is 3. The zero-order valence-electron chi connectivity index (χ0n) is 24.8. The Kier molecular flexibility index (Phi) is 11.4. The van der Waals surface area contributed by atoms with Crippen LogP contribution in [0.4, 0.5) is 4.79 Å². The molecule has 2 aromatic rings. The number of hydrogen-bond donors (Lipinski definition) is 4. The molecule has 4 rings (SSSR count). The average Bonchev–Trinajstić information content (AvgIpc) is 3.34. The first-order chi connectivity index (χ1) is 21.6. The molecule has 5 N–H and O–H groups in total. The van der Waals surface area contributed by atoms with Gasteiger partial charge in [0, 0.05) is 45.2 Å². The van der Waals surface area contributed by atoms with E-state index in [0.29, 0.717) is 48.7 Å². The van der Waals surface area contributed by atoms with E-state index in [2.05, 4.69) is 25.4 Å². The van der Waals surface area contributed by atoms with Gasteiger partial charge in [0.2, 0.25) is 23.6 Å². The highest BCUT2D eigenvalue weighted by molar-refractivity contribution is 7.10. The molecule has 1 aliphatic heterocycles. The standard InChI is InChI=1S/C29H36N8O7S/c1-18(22-12-19(16-45-22)26(30)44-28(31)41)35-27(40)21-13-29(17-42-11-9-34-36-32)14-23(29)37(21)25(39)15-33-24(38)8-5-10-43-20-6-3-2-4-7-20/h2-4,6-7,12,16,18,21,23,30H,5,8-11,13-15,17H2,1H3,(H2,31,41)(H,33,38)(H,35,40)/t18?,21-,23-,29+/m0/s1. The zero-order valence-corrected chi connectivity index (χ0v) is 25.6. The highest BCUT2D eigenvalue weighted by atomic mass is 32.1. The number of carbonyl (C=O) groups is 4. The number of likely N-dealkylation sites (tertiary alicyclic amines) is 1. The summed E-state index contributed by atoms with van der Waals surface area (Å²) < 4.78 is 16.0. The van der Waals surface area contributed by atoms with Gasteiger partial charge in [0.15, 0.2) is 0 Å². The van der Waals surface area contributed by atoms with E-state index in [1.165, 1.54) is 11.3 Å². The predicted octanol–water partition coefficient (Wildman–Crippen LogP) is 3.01. The van der Waals surface area contributed by atoms with Crippen LogP contribution in [0.25, 0.3) is 10.4 Å². The van der Waals surface area contributed by atoms with Gasteiger partial charge in [-0.25, -0.2) is 4.79 Å². The van der Waals surface area contributed by atoms with Crippen LogP contribution in [0.5, 0.6) is 5.75 Å². The summed E-state index contributed by atoms with van der Waals surface area (Å²) in [7, 11) is 0. The summed E-state index contributed by atoms with van der Waals surface area (Å²) in [5.74, 6) is -0.711. The van der Waals surface area contributed by atoms with Gasteiger partial charge in [0.25, 0.3) is 0 Å². The van der Waals surface area contributed by atoms with Crippen molar-refractivity contribution in [1.29, 1.82) is 5.41 Å². The lowest BCUT2D eigenvalue weighted by Crippen LogP contribution is -2.51. The molecule has 1 unspecified atom stereocenters. The summed E-state index contributed by atoms with van der Waals surface area (Å²) in [6.45, 7) is 2.57. The Morgan fingerprint density at radius 2 is 2.02 bits per heavy atom. The predicted molar refractivity (Wildman–Crippen MR) is 163 cm³/mol. The molecule has 2 fully saturated rings. The van der Waals surface area contributed by atoms with Gasteiger partial charge in [-0.2, -0.15) is 0 Å². The average molecular weight is 641 g/mol. The van der Waals surface area contributed by atoms with Gasteiger partial charge in [-0.3, -0.25) is 19.8 Å². The normalized spacial score (nSPS) is 20.2. The summed E-state index contributed by atoms with van der Waals surface area (Å²) in [5.41, 5.74) is 13.4. The summed E-state index contributed by atoms with van der Waals surface area (Å²) in [4.78, 5) is 55.4. The van der Waals surface area contributed by atoms with Gasteiger partial charge in [-0.1, -0.05) is 23.3 Å². The number of thiophene rings is 1. The molecule has 1 aromatic carbocycles. The molecule has 1 aliphatic carbocycles. The van der Waals surface area contributed by atoms with E-state index in [4.69, 9.17) is 26.1 Å². The highest BCUT2D eigenvalue weighted by Gasteiger charge is 2.67. The van der Waals surface area contributed by atoms with Crippen LogP contribution in [0.1, 0.15) is 49.1 Å². The van der Waals surface area contributed by atoms with E-state index in [-0.39, 0.29) is 49.9 Å². The molecule has 15 nitrogen and oxygen atoms in total. The number of nitrogens with two attached hydrogens (primary N) is 1. The Hall–Kier alpha value is -4.66. The van der Waals surface area contributed by atoms with Gasteiger partial charge in [-0.05, 0) is 49.9 Å². The molecule has 1 saturated heterocycles. The lowest BCUT2D eigenvalue weighted by atomic mass is 10.00. The van der Waals surface area contributed by atoms with Crippen LogP contribution in [-0.2, 0) is 23.9 Å². The molecule has 2 aliphatic rings. The third kappa shape index (κ3) is 8.94. The number of nitrogens with zero attached hydrogens (tertiary/aromatic N) is 4. The van der Waals surface area contributed by atoms with Crippen LogP contribution in [0.3, 0.4) is 0 Å². The quantitative estimate of drug-likeness (QED) is 0.0535. The Labute approximate surface area is 263 Å². The van der Waals surface area contributed by atoms with Crippen LogP contribution in [-0.4, -0.2) is 79.6 Å². The monoisotopic (exact) mass is 640 g/mol. The Bertz CT molecular complexity index is 1450. The zero-order chi connectivity index (χ0) is 32.4. The van der Waals surface area contributed by atoms with Crippen molar-refractivity contribution in [3.05, 3.63) is 62.7 Å². The topological polar surface area (TPSA) is 222 Å². The van der Waals surface area contributed by atoms with Gasteiger partial charge in [-0.15, -0.1) is 11.3 Å². The third-order valence-corrected chi connectivity index (χ3v) is 8.78. The smallest absolute Gasteiger partial charge is 0.411 e. The molecule has 16 heteroatoms.